The molecular weight excluding hydrogens is 226 g/mol. The van der Waals surface area contributed by atoms with E-state index in [1.54, 1.807) is 0 Å². The second-order valence-electron chi connectivity index (χ2n) is 3.69. The highest BCUT2D eigenvalue weighted by Gasteiger charge is 2.21. The lowest BCUT2D eigenvalue weighted by atomic mass is 10.2. The molecular formula is C11H11NO5. The summed E-state index contributed by atoms with van der Waals surface area (Å²) in [5.41, 5.74) is 0.258. The Morgan fingerprint density at radius 2 is 2.12 bits per heavy atom. The zero-order valence-corrected chi connectivity index (χ0v) is 9.00. The van der Waals surface area contributed by atoms with Gasteiger partial charge in [-0.25, -0.2) is 4.79 Å². The Morgan fingerprint density at radius 1 is 1.41 bits per heavy atom. The minimum Gasteiger partial charge on any atom is -0.456 e. The van der Waals surface area contributed by atoms with Crippen molar-refractivity contribution in [3.63, 3.8) is 0 Å². The Hall–Kier alpha value is -1.95. The van der Waals surface area contributed by atoms with E-state index in [1.165, 1.54) is 24.3 Å². The topological polar surface area (TPSA) is 78.7 Å². The van der Waals surface area contributed by atoms with Gasteiger partial charge in [-0.2, -0.15) is 0 Å². The monoisotopic (exact) mass is 237 g/mol. The van der Waals surface area contributed by atoms with Crippen molar-refractivity contribution in [3.05, 3.63) is 39.9 Å². The van der Waals surface area contributed by atoms with Crippen molar-refractivity contribution >= 4 is 11.7 Å². The van der Waals surface area contributed by atoms with Crippen molar-refractivity contribution in [3.8, 4) is 0 Å². The predicted molar refractivity (Wildman–Crippen MR) is 57.7 cm³/mol. The molecule has 1 aromatic carbocycles. The second kappa shape index (κ2) is 4.92. The standard InChI is InChI=1S/C11H11NO5/c13-11(17-10-5-6-16-7-10)8-1-3-9(4-2-8)12(14)15/h1-4,10H,5-7H2/t10-/m1/s1. The van der Waals surface area contributed by atoms with Gasteiger partial charge in [-0.1, -0.05) is 0 Å². The summed E-state index contributed by atoms with van der Waals surface area (Å²) in [5, 5.41) is 10.4. The molecule has 1 atom stereocenters. The predicted octanol–water partition coefficient (Wildman–Crippen LogP) is 1.54. The van der Waals surface area contributed by atoms with Crippen LogP contribution in [-0.2, 0) is 9.47 Å². The molecule has 0 unspecified atom stereocenters. The van der Waals surface area contributed by atoms with Crippen LogP contribution in [0.25, 0.3) is 0 Å². The van der Waals surface area contributed by atoms with Crippen LogP contribution in [0.3, 0.4) is 0 Å². The van der Waals surface area contributed by atoms with Gasteiger partial charge in [-0.05, 0) is 12.1 Å². The molecule has 0 aromatic heterocycles. The van der Waals surface area contributed by atoms with Crippen LogP contribution >= 0.6 is 0 Å². The maximum atomic E-state index is 11.6. The summed E-state index contributed by atoms with van der Waals surface area (Å²) in [6.45, 7) is 1.01. The first-order valence-electron chi connectivity index (χ1n) is 5.20. The van der Waals surface area contributed by atoms with Crippen LogP contribution in [0.2, 0.25) is 0 Å². The van der Waals surface area contributed by atoms with E-state index < -0.39 is 10.9 Å². The molecule has 1 fully saturated rings. The SMILES string of the molecule is O=C(O[C@@H]1CCOC1)c1ccc([N+](=O)[O-])cc1. The van der Waals surface area contributed by atoms with Gasteiger partial charge in [0.15, 0.2) is 0 Å². The third kappa shape index (κ3) is 2.79. The fourth-order valence-corrected chi connectivity index (χ4v) is 1.54. The molecule has 17 heavy (non-hydrogen) atoms. The molecule has 0 radical (unpaired) electrons. The summed E-state index contributed by atoms with van der Waals surface area (Å²) < 4.78 is 10.2. The number of ether oxygens (including phenoxy) is 2. The van der Waals surface area contributed by atoms with E-state index in [4.69, 9.17) is 9.47 Å². The fourth-order valence-electron chi connectivity index (χ4n) is 1.54. The van der Waals surface area contributed by atoms with Gasteiger partial charge in [0.2, 0.25) is 0 Å². The van der Waals surface area contributed by atoms with Crippen LogP contribution in [0.1, 0.15) is 16.8 Å². The maximum Gasteiger partial charge on any atom is 0.338 e. The molecule has 0 amide bonds. The molecule has 1 heterocycles. The maximum absolute atomic E-state index is 11.6. The highest BCUT2D eigenvalue weighted by atomic mass is 16.6. The van der Waals surface area contributed by atoms with Crippen LogP contribution in [0.15, 0.2) is 24.3 Å². The molecule has 0 bridgehead atoms. The minimum absolute atomic E-state index is 0.0502. The number of hydrogen-bond acceptors (Lipinski definition) is 5. The van der Waals surface area contributed by atoms with Gasteiger partial charge >= 0.3 is 5.97 Å². The smallest absolute Gasteiger partial charge is 0.338 e. The molecule has 1 aliphatic rings. The molecule has 1 aromatic rings. The molecule has 1 aliphatic heterocycles. The summed E-state index contributed by atoms with van der Waals surface area (Å²) in [6, 6.07) is 5.33. The highest BCUT2D eigenvalue weighted by molar-refractivity contribution is 5.89. The van der Waals surface area contributed by atoms with Gasteiger partial charge in [-0.3, -0.25) is 10.1 Å². The first-order chi connectivity index (χ1) is 8.16. The van der Waals surface area contributed by atoms with Crippen LogP contribution in [-0.4, -0.2) is 30.2 Å². The Bertz CT molecular complexity index is 422. The van der Waals surface area contributed by atoms with E-state index in [0.29, 0.717) is 25.2 Å². The number of nitro benzene ring substituents is 1. The zero-order chi connectivity index (χ0) is 12.3. The summed E-state index contributed by atoms with van der Waals surface area (Å²) in [7, 11) is 0. The molecule has 0 saturated carbocycles. The van der Waals surface area contributed by atoms with Crippen LogP contribution < -0.4 is 0 Å². The van der Waals surface area contributed by atoms with Crippen molar-refractivity contribution in [2.75, 3.05) is 13.2 Å². The Morgan fingerprint density at radius 3 is 2.65 bits per heavy atom. The van der Waals surface area contributed by atoms with Crippen molar-refractivity contribution < 1.29 is 19.2 Å². The van der Waals surface area contributed by atoms with E-state index in [0.717, 1.165) is 0 Å². The van der Waals surface area contributed by atoms with Crippen molar-refractivity contribution in [2.24, 2.45) is 0 Å². The Labute approximate surface area is 97.3 Å². The molecule has 0 aliphatic carbocycles. The van der Waals surface area contributed by atoms with Crippen LogP contribution in [0.5, 0.6) is 0 Å². The van der Waals surface area contributed by atoms with Crippen LogP contribution in [0.4, 0.5) is 5.69 Å². The summed E-state index contributed by atoms with van der Waals surface area (Å²) in [6.07, 6.45) is 0.483. The third-order valence-electron chi connectivity index (χ3n) is 2.48. The second-order valence-corrected chi connectivity index (χ2v) is 3.69. The van der Waals surface area contributed by atoms with Crippen molar-refractivity contribution in [1.29, 1.82) is 0 Å². The number of hydrogen-bond donors (Lipinski definition) is 0. The summed E-state index contributed by atoms with van der Waals surface area (Å²) in [5.74, 6) is -0.476. The quantitative estimate of drug-likeness (QED) is 0.452. The van der Waals surface area contributed by atoms with E-state index in [2.05, 4.69) is 0 Å². The lowest BCUT2D eigenvalue weighted by Crippen LogP contribution is -2.18. The number of carbonyl (C=O) groups excluding carboxylic acids is 1. The molecule has 0 N–H and O–H groups in total. The van der Waals surface area contributed by atoms with Gasteiger partial charge in [0.05, 0.1) is 23.7 Å². The highest BCUT2D eigenvalue weighted by Crippen LogP contribution is 2.15. The van der Waals surface area contributed by atoms with Crippen molar-refractivity contribution in [2.45, 2.75) is 12.5 Å². The van der Waals surface area contributed by atoms with Crippen molar-refractivity contribution in [1.82, 2.24) is 0 Å². The number of carbonyl (C=O) groups is 1. The van der Waals surface area contributed by atoms with E-state index >= 15 is 0 Å². The molecule has 90 valence electrons. The Balaban J connectivity index is 2.01. The van der Waals surface area contributed by atoms with Gasteiger partial charge in [0, 0.05) is 18.6 Å². The van der Waals surface area contributed by atoms with E-state index in [1.807, 2.05) is 0 Å². The number of non-ortho nitro benzene ring substituents is 1. The number of benzene rings is 1. The zero-order valence-electron chi connectivity index (χ0n) is 9.00. The van der Waals surface area contributed by atoms with E-state index in [9.17, 15) is 14.9 Å². The molecule has 1 saturated heterocycles. The fraction of sp³-hybridized carbons (Fsp3) is 0.364. The minimum atomic E-state index is -0.514. The van der Waals surface area contributed by atoms with Crippen LogP contribution in [0, 0.1) is 10.1 Å². The van der Waals surface area contributed by atoms with Gasteiger partial charge in [-0.15, -0.1) is 0 Å². The summed E-state index contributed by atoms with van der Waals surface area (Å²) in [4.78, 5) is 21.6. The Kier molecular flexibility index (Phi) is 3.34. The first kappa shape index (κ1) is 11.5. The van der Waals surface area contributed by atoms with Gasteiger partial charge in [0.1, 0.15) is 6.10 Å². The number of rotatable bonds is 3. The largest absolute Gasteiger partial charge is 0.456 e. The lowest BCUT2D eigenvalue weighted by molar-refractivity contribution is -0.384. The average molecular weight is 237 g/mol. The molecule has 6 nitrogen and oxygen atoms in total. The molecule has 2 rings (SSSR count). The van der Waals surface area contributed by atoms with Gasteiger partial charge in [0.25, 0.3) is 5.69 Å². The number of esters is 1. The average Bonchev–Trinajstić information content (AvgIpc) is 2.82. The van der Waals surface area contributed by atoms with E-state index in [-0.39, 0.29) is 11.8 Å². The molecule has 0 spiro atoms. The number of nitro groups is 1. The normalized spacial score (nSPS) is 18.9. The third-order valence-corrected chi connectivity index (χ3v) is 2.48. The first-order valence-corrected chi connectivity index (χ1v) is 5.20. The van der Waals surface area contributed by atoms with Gasteiger partial charge < -0.3 is 9.47 Å². The lowest BCUT2D eigenvalue weighted by Gasteiger charge is -2.09. The molecule has 6 heteroatoms. The summed E-state index contributed by atoms with van der Waals surface area (Å²) >= 11 is 0. The number of nitrogens with zero attached hydrogens (tertiary/aromatic N) is 1.